The Hall–Kier alpha value is -0.740. The molecule has 1 rings (SSSR count). The van der Waals surface area contributed by atoms with Crippen LogP contribution in [0.4, 0.5) is 13.2 Å². The number of benzene rings is 1. The predicted octanol–water partition coefficient (Wildman–Crippen LogP) is 3.59. The topological polar surface area (TPSA) is 20.2 Å². The molecule has 0 aliphatic rings. The van der Waals surface area contributed by atoms with Crippen LogP contribution in [0.15, 0.2) is 18.2 Å². The minimum absolute atomic E-state index is 0.348. The van der Waals surface area contributed by atoms with E-state index in [1.165, 1.54) is 19.9 Å². The zero-order chi connectivity index (χ0) is 11.9. The molecule has 0 fully saturated rings. The van der Waals surface area contributed by atoms with Gasteiger partial charge in [-0.25, -0.2) is 0 Å². The van der Waals surface area contributed by atoms with Crippen molar-refractivity contribution in [3.8, 4) is 0 Å². The van der Waals surface area contributed by atoms with Crippen LogP contribution < -0.4 is 0 Å². The summed E-state index contributed by atoms with van der Waals surface area (Å²) in [6.07, 6.45) is -4.46. The second-order valence-corrected chi connectivity index (χ2v) is 4.16. The maximum atomic E-state index is 12.3. The van der Waals surface area contributed by atoms with Gasteiger partial charge < -0.3 is 5.11 Å². The van der Waals surface area contributed by atoms with Crippen molar-refractivity contribution in [2.75, 3.05) is 0 Å². The molecule has 5 heteroatoms. The van der Waals surface area contributed by atoms with Crippen molar-refractivity contribution in [2.24, 2.45) is 0 Å². The quantitative estimate of drug-likeness (QED) is 0.793. The number of halogens is 4. The Morgan fingerprint density at radius 3 is 2.07 bits per heavy atom. The van der Waals surface area contributed by atoms with Crippen LogP contribution in [0.5, 0.6) is 0 Å². The van der Waals surface area contributed by atoms with Crippen molar-refractivity contribution in [1.82, 2.24) is 0 Å². The van der Waals surface area contributed by atoms with Gasteiger partial charge in [0.2, 0.25) is 0 Å². The number of aliphatic hydroxyl groups is 1. The molecule has 0 aliphatic heterocycles. The van der Waals surface area contributed by atoms with Gasteiger partial charge in [0.25, 0.3) is 0 Å². The van der Waals surface area contributed by atoms with Crippen LogP contribution >= 0.6 is 11.6 Å². The third kappa shape index (κ3) is 2.86. The van der Waals surface area contributed by atoms with E-state index in [-0.39, 0.29) is 0 Å². The lowest BCUT2D eigenvalue weighted by Gasteiger charge is -2.19. The molecule has 0 unspecified atom stereocenters. The Bertz CT molecular complexity index is 366. The number of alkyl halides is 3. The summed E-state index contributed by atoms with van der Waals surface area (Å²) in [6, 6.07) is 3.22. The lowest BCUT2D eigenvalue weighted by Crippen LogP contribution is -2.16. The molecule has 0 aromatic heterocycles. The van der Waals surface area contributed by atoms with Gasteiger partial charge in [-0.1, -0.05) is 17.7 Å². The van der Waals surface area contributed by atoms with Crippen LogP contribution in [0.25, 0.3) is 0 Å². The molecule has 0 saturated carbocycles. The molecule has 15 heavy (non-hydrogen) atoms. The fourth-order valence-electron chi connectivity index (χ4n) is 1.13. The Morgan fingerprint density at radius 1 is 1.20 bits per heavy atom. The molecule has 1 aromatic rings. The summed E-state index contributed by atoms with van der Waals surface area (Å²) in [5.41, 5.74) is -1.74. The smallest absolute Gasteiger partial charge is 0.386 e. The summed E-state index contributed by atoms with van der Waals surface area (Å²) >= 11 is 5.49. The average Bonchev–Trinajstić information content (AvgIpc) is 1.99. The predicted molar refractivity (Wildman–Crippen MR) is 51.7 cm³/mol. The van der Waals surface area contributed by atoms with E-state index in [1.54, 1.807) is 0 Å². The molecule has 1 nitrogen and oxygen atoms in total. The standard InChI is InChI=1S/C10H10ClF3O/c1-9(2,15)6-3-4-7(8(11)5-6)10(12,13)14/h3-5,15H,1-2H3. The van der Waals surface area contributed by atoms with E-state index in [4.69, 9.17) is 11.6 Å². The first-order valence-corrected chi connectivity index (χ1v) is 4.60. The van der Waals surface area contributed by atoms with Crippen molar-refractivity contribution in [3.63, 3.8) is 0 Å². The van der Waals surface area contributed by atoms with Gasteiger partial charge in [-0.05, 0) is 31.5 Å². The van der Waals surface area contributed by atoms with E-state index < -0.39 is 22.4 Å². The first-order valence-electron chi connectivity index (χ1n) is 4.22. The third-order valence-electron chi connectivity index (χ3n) is 1.98. The van der Waals surface area contributed by atoms with Crippen LogP contribution in [0.1, 0.15) is 25.0 Å². The molecule has 1 aromatic carbocycles. The monoisotopic (exact) mass is 238 g/mol. The molecule has 0 radical (unpaired) electrons. The van der Waals surface area contributed by atoms with E-state index in [1.807, 2.05) is 0 Å². The second kappa shape index (κ2) is 3.68. The maximum Gasteiger partial charge on any atom is 0.417 e. The Labute approximate surface area is 90.5 Å². The first-order chi connectivity index (χ1) is 6.62. The van der Waals surface area contributed by atoms with Crippen molar-refractivity contribution >= 4 is 11.6 Å². The summed E-state index contributed by atoms with van der Waals surface area (Å²) in [7, 11) is 0. The first kappa shape index (κ1) is 12.3. The summed E-state index contributed by atoms with van der Waals surface area (Å²) in [5, 5.41) is 9.17. The molecule has 0 atom stereocenters. The zero-order valence-corrected chi connectivity index (χ0v) is 8.95. The summed E-state index contributed by atoms with van der Waals surface area (Å²) in [4.78, 5) is 0. The third-order valence-corrected chi connectivity index (χ3v) is 2.29. The lowest BCUT2D eigenvalue weighted by molar-refractivity contribution is -0.137. The van der Waals surface area contributed by atoms with E-state index in [2.05, 4.69) is 0 Å². The maximum absolute atomic E-state index is 12.3. The summed E-state index contributed by atoms with van der Waals surface area (Å²) < 4.78 is 37.0. The highest BCUT2D eigenvalue weighted by molar-refractivity contribution is 6.31. The molecule has 84 valence electrons. The van der Waals surface area contributed by atoms with Gasteiger partial charge in [0, 0.05) is 0 Å². The molecule has 0 aliphatic carbocycles. The van der Waals surface area contributed by atoms with Gasteiger partial charge in [0.1, 0.15) is 0 Å². The fourth-order valence-corrected chi connectivity index (χ4v) is 1.41. The minimum Gasteiger partial charge on any atom is -0.386 e. The number of hydrogen-bond acceptors (Lipinski definition) is 1. The molecule has 0 bridgehead atoms. The highest BCUT2D eigenvalue weighted by atomic mass is 35.5. The molecule has 0 spiro atoms. The van der Waals surface area contributed by atoms with Crippen LogP contribution in [0.3, 0.4) is 0 Å². The largest absolute Gasteiger partial charge is 0.417 e. The van der Waals surface area contributed by atoms with E-state index in [0.29, 0.717) is 5.56 Å². The Morgan fingerprint density at radius 2 is 1.73 bits per heavy atom. The molecular formula is C10H10ClF3O. The van der Waals surface area contributed by atoms with Crippen LogP contribution in [-0.4, -0.2) is 5.11 Å². The van der Waals surface area contributed by atoms with Gasteiger partial charge >= 0.3 is 6.18 Å². The SMILES string of the molecule is CC(C)(O)c1ccc(C(F)(F)F)c(Cl)c1. The molecular weight excluding hydrogens is 229 g/mol. The molecule has 1 N–H and O–H groups in total. The van der Waals surface area contributed by atoms with Gasteiger partial charge in [0.15, 0.2) is 0 Å². The van der Waals surface area contributed by atoms with Crippen LogP contribution in [-0.2, 0) is 11.8 Å². The van der Waals surface area contributed by atoms with Gasteiger partial charge in [-0.2, -0.15) is 13.2 Å². The second-order valence-electron chi connectivity index (χ2n) is 3.75. The number of hydrogen-bond donors (Lipinski definition) is 1. The summed E-state index contributed by atoms with van der Waals surface area (Å²) in [5.74, 6) is 0. The minimum atomic E-state index is -4.46. The van der Waals surface area contributed by atoms with E-state index in [0.717, 1.165) is 12.1 Å². The Kier molecular flexibility index (Phi) is 3.03. The van der Waals surface area contributed by atoms with E-state index >= 15 is 0 Å². The fraction of sp³-hybridized carbons (Fsp3) is 0.400. The zero-order valence-electron chi connectivity index (χ0n) is 8.19. The van der Waals surface area contributed by atoms with Crippen molar-refractivity contribution < 1.29 is 18.3 Å². The summed E-state index contributed by atoms with van der Waals surface area (Å²) in [6.45, 7) is 2.96. The molecule has 0 saturated heterocycles. The van der Waals surface area contributed by atoms with Crippen LogP contribution in [0, 0.1) is 0 Å². The Balaban J connectivity index is 3.21. The van der Waals surface area contributed by atoms with Gasteiger partial charge in [0.05, 0.1) is 16.2 Å². The molecule has 0 amide bonds. The van der Waals surface area contributed by atoms with E-state index in [9.17, 15) is 18.3 Å². The van der Waals surface area contributed by atoms with Gasteiger partial charge in [-0.3, -0.25) is 0 Å². The lowest BCUT2D eigenvalue weighted by atomic mass is 9.97. The van der Waals surface area contributed by atoms with Crippen LogP contribution in [0.2, 0.25) is 5.02 Å². The highest BCUT2D eigenvalue weighted by Gasteiger charge is 2.33. The van der Waals surface area contributed by atoms with Crippen molar-refractivity contribution in [3.05, 3.63) is 34.3 Å². The van der Waals surface area contributed by atoms with Crippen molar-refractivity contribution in [2.45, 2.75) is 25.6 Å². The normalized spacial score (nSPS) is 13.0. The molecule has 0 heterocycles. The van der Waals surface area contributed by atoms with Gasteiger partial charge in [-0.15, -0.1) is 0 Å². The number of rotatable bonds is 1. The average molecular weight is 239 g/mol. The highest BCUT2D eigenvalue weighted by Crippen LogP contribution is 2.36. The van der Waals surface area contributed by atoms with Crippen molar-refractivity contribution in [1.29, 1.82) is 0 Å².